The molecule has 1 aliphatic rings. The van der Waals surface area contributed by atoms with Crippen molar-refractivity contribution in [2.75, 3.05) is 13.3 Å². The first-order valence-corrected chi connectivity index (χ1v) is 10.8. The number of aryl methyl sites for hydroxylation is 1. The summed E-state index contributed by atoms with van der Waals surface area (Å²) in [5.41, 5.74) is 3.84. The summed E-state index contributed by atoms with van der Waals surface area (Å²) in [4.78, 5) is 15.0. The monoisotopic (exact) mass is 431 g/mol. The second kappa shape index (κ2) is 8.58. The first kappa shape index (κ1) is 19.9. The van der Waals surface area contributed by atoms with Crippen LogP contribution in [-0.2, 0) is 13.0 Å². The third-order valence-electron chi connectivity index (χ3n) is 5.68. The van der Waals surface area contributed by atoms with Gasteiger partial charge in [0.15, 0.2) is 0 Å². The minimum Gasteiger partial charge on any atom is -0.478 e. The molecule has 0 saturated carbocycles. The second-order valence-electron chi connectivity index (χ2n) is 7.83. The Kier molecular flexibility index (Phi) is 5.49. The quantitative estimate of drug-likeness (QED) is 0.369. The minimum atomic E-state index is -0.357. The molecule has 0 saturated heterocycles. The van der Waals surface area contributed by atoms with E-state index in [-0.39, 0.29) is 5.63 Å². The van der Waals surface area contributed by atoms with Crippen LogP contribution in [0.4, 0.5) is 0 Å². The number of hydrogen-bond acceptors (Lipinski definition) is 4. The minimum absolute atomic E-state index is 0.357. The van der Waals surface area contributed by atoms with Gasteiger partial charge in [-0.2, -0.15) is 0 Å². The van der Waals surface area contributed by atoms with Crippen LogP contribution in [0, 0.1) is 0 Å². The fourth-order valence-corrected chi connectivity index (χ4v) is 4.19. The Morgan fingerprint density at radius 2 is 1.77 bits per heavy atom. The second-order valence-corrected chi connectivity index (χ2v) is 8.27. The third-order valence-corrected chi connectivity index (χ3v) is 5.94. The summed E-state index contributed by atoms with van der Waals surface area (Å²) in [6, 6.07) is 23.5. The Morgan fingerprint density at radius 3 is 2.58 bits per heavy atom. The van der Waals surface area contributed by atoms with Gasteiger partial charge in [-0.3, -0.25) is 4.90 Å². The van der Waals surface area contributed by atoms with Gasteiger partial charge < -0.3 is 9.15 Å². The fraction of sp³-hybridized carbons (Fsp3) is 0.192. The predicted octanol–water partition coefficient (Wildman–Crippen LogP) is 5.90. The van der Waals surface area contributed by atoms with Gasteiger partial charge in [0, 0.05) is 23.5 Å². The van der Waals surface area contributed by atoms with Crippen molar-refractivity contribution < 1.29 is 9.15 Å². The van der Waals surface area contributed by atoms with Gasteiger partial charge >= 0.3 is 5.63 Å². The Morgan fingerprint density at radius 1 is 0.968 bits per heavy atom. The predicted molar refractivity (Wildman–Crippen MR) is 124 cm³/mol. The van der Waals surface area contributed by atoms with E-state index in [4.69, 9.17) is 20.8 Å². The van der Waals surface area contributed by atoms with Crippen LogP contribution >= 0.6 is 11.6 Å². The molecule has 2 heterocycles. The van der Waals surface area contributed by atoms with E-state index in [0.717, 1.165) is 41.6 Å². The van der Waals surface area contributed by atoms with Gasteiger partial charge in [0.1, 0.15) is 18.1 Å². The van der Waals surface area contributed by atoms with Crippen molar-refractivity contribution in [3.05, 3.63) is 99.4 Å². The molecule has 0 N–H and O–H groups in total. The lowest BCUT2D eigenvalue weighted by molar-refractivity contribution is 0.0946. The average molecular weight is 432 g/mol. The van der Waals surface area contributed by atoms with Crippen LogP contribution in [-0.4, -0.2) is 18.2 Å². The molecule has 1 aliphatic heterocycles. The van der Waals surface area contributed by atoms with E-state index in [1.54, 1.807) is 12.1 Å². The summed E-state index contributed by atoms with van der Waals surface area (Å²) >= 11 is 5.98. The molecular formula is C26H22ClNO3. The molecule has 31 heavy (non-hydrogen) atoms. The van der Waals surface area contributed by atoms with E-state index in [1.165, 1.54) is 5.56 Å². The zero-order valence-electron chi connectivity index (χ0n) is 17.0. The SMILES string of the molecule is O=c1oc2c3c(ccc2cc1-c1ccc(Cl)cc1)OCN(CCCc1ccccc1)C3. The molecule has 0 aliphatic carbocycles. The molecule has 0 spiro atoms. The summed E-state index contributed by atoms with van der Waals surface area (Å²) in [6.45, 7) is 2.16. The molecule has 156 valence electrons. The molecule has 0 amide bonds. The smallest absolute Gasteiger partial charge is 0.344 e. The van der Waals surface area contributed by atoms with Crippen molar-refractivity contribution in [2.45, 2.75) is 19.4 Å². The summed E-state index contributed by atoms with van der Waals surface area (Å²) in [5, 5.41) is 1.52. The third kappa shape index (κ3) is 4.22. The standard InChI is InChI=1S/C26H22ClNO3/c27-21-11-8-19(9-12-21)22-15-20-10-13-24-23(25(20)31-26(22)29)16-28(17-30-24)14-4-7-18-5-2-1-3-6-18/h1-3,5-6,8-13,15H,4,7,14,16-17H2. The van der Waals surface area contributed by atoms with E-state index in [9.17, 15) is 4.79 Å². The van der Waals surface area contributed by atoms with Gasteiger partial charge in [-0.05, 0) is 54.3 Å². The zero-order chi connectivity index (χ0) is 21.2. The van der Waals surface area contributed by atoms with Crippen LogP contribution in [0.2, 0.25) is 5.02 Å². The van der Waals surface area contributed by atoms with Crippen LogP contribution in [0.3, 0.4) is 0 Å². The largest absolute Gasteiger partial charge is 0.478 e. The molecule has 0 bridgehead atoms. The highest BCUT2D eigenvalue weighted by Crippen LogP contribution is 2.33. The van der Waals surface area contributed by atoms with Crippen LogP contribution in [0.25, 0.3) is 22.1 Å². The maximum atomic E-state index is 12.8. The number of fused-ring (bicyclic) bond motifs is 3. The maximum absolute atomic E-state index is 12.8. The molecule has 0 atom stereocenters. The maximum Gasteiger partial charge on any atom is 0.344 e. The van der Waals surface area contributed by atoms with Gasteiger partial charge in [0.2, 0.25) is 0 Å². The lowest BCUT2D eigenvalue weighted by Crippen LogP contribution is -2.33. The Bertz CT molecular complexity index is 1270. The van der Waals surface area contributed by atoms with Gasteiger partial charge in [0.05, 0.1) is 11.1 Å². The van der Waals surface area contributed by atoms with Gasteiger partial charge in [-0.25, -0.2) is 4.79 Å². The topological polar surface area (TPSA) is 42.7 Å². The highest BCUT2D eigenvalue weighted by molar-refractivity contribution is 6.30. The molecule has 0 radical (unpaired) electrons. The van der Waals surface area contributed by atoms with Crippen molar-refractivity contribution in [2.24, 2.45) is 0 Å². The summed E-state index contributed by atoms with van der Waals surface area (Å²) in [7, 11) is 0. The first-order chi connectivity index (χ1) is 15.2. The molecule has 5 rings (SSSR count). The Labute approximate surface area is 185 Å². The molecular weight excluding hydrogens is 410 g/mol. The molecule has 4 aromatic rings. The number of benzene rings is 3. The van der Waals surface area contributed by atoms with Crippen LogP contribution in [0.15, 0.2) is 82.0 Å². The van der Waals surface area contributed by atoms with Gasteiger partial charge in [-0.1, -0.05) is 54.1 Å². The molecule has 0 fully saturated rings. The van der Waals surface area contributed by atoms with E-state index in [0.29, 0.717) is 29.4 Å². The van der Waals surface area contributed by atoms with E-state index in [2.05, 4.69) is 29.2 Å². The van der Waals surface area contributed by atoms with Crippen molar-refractivity contribution in [1.29, 1.82) is 0 Å². The first-order valence-electron chi connectivity index (χ1n) is 10.4. The van der Waals surface area contributed by atoms with Crippen LogP contribution in [0.1, 0.15) is 17.5 Å². The van der Waals surface area contributed by atoms with E-state index < -0.39 is 0 Å². The van der Waals surface area contributed by atoms with Crippen molar-refractivity contribution in [3.63, 3.8) is 0 Å². The Hall–Kier alpha value is -3.08. The van der Waals surface area contributed by atoms with E-state index >= 15 is 0 Å². The lowest BCUT2D eigenvalue weighted by atomic mass is 10.0. The van der Waals surface area contributed by atoms with E-state index in [1.807, 2.05) is 36.4 Å². The fourth-order valence-electron chi connectivity index (χ4n) is 4.06. The number of hydrogen-bond donors (Lipinski definition) is 0. The van der Waals surface area contributed by atoms with Crippen LogP contribution < -0.4 is 10.4 Å². The van der Waals surface area contributed by atoms with Gasteiger partial charge in [0.25, 0.3) is 0 Å². The molecule has 5 heteroatoms. The Balaban J connectivity index is 1.39. The highest BCUT2D eigenvalue weighted by Gasteiger charge is 2.22. The van der Waals surface area contributed by atoms with Gasteiger partial charge in [-0.15, -0.1) is 0 Å². The zero-order valence-corrected chi connectivity index (χ0v) is 17.8. The average Bonchev–Trinajstić information content (AvgIpc) is 2.80. The number of ether oxygens (including phenoxy) is 1. The molecule has 3 aromatic carbocycles. The lowest BCUT2D eigenvalue weighted by Gasteiger charge is -2.29. The molecule has 1 aromatic heterocycles. The van der Waals surface area contributed by atoms with Crippen molar-refractivity contribution in [3.8, 4) is 16.9 Å². The number of nitrogens with zero attached hydrogens (tertiary/aromatic N) is 1. The molecule has 4 nitrogen and oxygen atoms in total. The van der Waals surface area contributed by atoms with Crippen molar-refractivity contribution >= 4 is 22.6 Å². The normalized spacial score (nSPS) is 13.7. The number of halogens is 1. The summed E-state index contributed by atoms with van der Waals surface area (Å²) in [6.07, 6.45) is 2.07. The number of rotatable bonds is 5. The summed E-state index contributed by atoms with van der Waals surface area (Å²) in [5.74, 6) is 0.786. The molecule has 0 unspecified atom stereocenters. The van der Waals surface area contributed by atoms with Crippen LogP contribution in [0.5, 0.6) is 5.75 Å². The summed E-state index contributed by atoms with van der Waals surface area (Å²) < 4.78 is 11.8. The van der Waals surface area contributed by atoms with Crippen molar-refractivity contribution in [1.82, 2.24) is 4.90 Å². The highest BCUT2D eigenvalue weighted by atomic mass is 35.5.